The number of hydrogen-bond donors (Lipinski definition) is 0. The van der Waals surface area contributed by atoms with Crippen LogP contribution in [0.25, 0.3) is 0 Å². The van der Waals surface area contributed by atoms with Crippen molar-refractivity contribution in [2.75, 3.05) is 0 Å². The van der Waals surface area contributed by atoms with Gasteiger partial charge in [0.1, 0.15) is 0 Å². The van der Waals surface area contributed by atoms with Crippen molar-refractivity contribution in [1.29, 1.82) is 0 Å². The predicted molar refractivity (Wildman–Crippen MR) is 55.7 cm³/mol. The highest BCUT2D eigenvalue weighted by atomic mass is 16.1. The summed E-state index contributed by atoms with van der Waals surface area (Å²) in [6, 6.07) is 6.15. The number of fused-ring (bicyclic) bond motifs is 5. The van der Waals surface area contributed by atoms with Gasteiger partial charge in [-0.1, -0.05) is 24.3 Å². The lowest BCUT2D eigenvalue weighted by Crippen LogP contribution is -1.98. The maximum Gasteiger partial charge on any atom is 0.159 e. The molecule has 0 saturated heterocycles. The molecule has 2 aliphatic rings. The highest BCUT2D eigenvalue weighted by Gasteiger charge is 2.32. The van der Waals surface area contributed by atoms with E-state index in [1.165, 1.54) is 17.5 Å². The van der Waals surface area contributed by atoms with Crippen molar-refractivity contribution in [3.8, 4) is 0 Å². The van der Waals surface area contributed by atoms with Crippen LogP contribution in [-0.2, 0) is 0 Å². The molecule has 0 spiro atoms. The SMILES string of the molecule is CC(=O)c1ccc2c(c1)[C@H]1C=C[C@@H]2C1. The quantitative estimate of drug-likeness (QED) is 0.484. The molecular formula is C13H12O. The van der Waals surface area contributed by atoms with Crippen LogP contribution in [0.15, 0.2) is 30.4 Å². The van der Waals surface area contributed by atoms with Crippen LogP contribution in [0.2, 0.25) is 0 Å². The van der Waals surface area contributed by atoms with Gasteiger partial charge < -0.3 is 0 Å². The lowest BCUT2D eigenvalue weighted by Gasteiger charge is -2.10. The van der Waals surface area contributed by atoms with Crippen molar-refractivity contribution in [2.24, 2.45) is 0 Å². The molecule has 0 aliphatic heterocycles. The van der Waals surface area contributed by atoms with E-state index in [1.54, 1.807) is 6.92 Å². The summed E-state index contributed by atoms with van der Waals surface area (Å²) in [6.45, 7) is 1.63. The lowest BCUT2D eigenvalue weighted by atomic mass is 9.94. The summed E-state index contributed by atoms with van der Waals surface area (Å²) in [7, 11) is 0. The monoisotopic (exact) mass is 184 g/mol. The second kappa shape index (κ2) is 2.57. The van der Waals surface area contributed by atoms with Crippen molar-refractivity contribution < 1.29 is 4.79 Å². The van der Waals surface area contributed by atoms with Gasteiger partial charge in [-0.2, -0.15) is 0 Å². The molecule has 1 aromatic carbocycles. The Morgan fingerprint density at radius 2 is 1.93 bits per heavy atom. The Kier molecular flexibility index (Phi) is 1.46. The average molecular weight is 184 g/mol. The lowest BCUT2D eigenvalue weighted by molar-refractivity contribution is 0.101. The van der Waals surface area contributed by atoms with Crippen molar-refractivity contribution in [2.45, 2.75) is 25.2 Å². The van der Waals surface area contributed by atoms with Crippen molar-refractivity contribution >= 4 is 5.78 Å². The molecule has 1 nitrogen and oxygen atoms in total. The van der Waals surface area contributed by atoms with E-state index in [2.05, 4.69) is 24.3 Å². The third-order valence-corrected chi connectivity index (χ3v) is 3.38. The molecule has 2 atom stereocenters. The molecule has 3 rings (SSSR count). The average Bonchev–Trinajstić information content (AvgIpc) is 2.77. The fourth-order valence-electron chi connectivity index (χ4n) is 2.61. The summed E-state index contributed by atoms with van der Waals surface area (Å²) < 4.78 is 0. The summed E-state index contributed by atoms with van der Waals surface area (Å²) in [5.74, 6) is 1.37. The predicted octanol–water partition coefficient (Wildman–Crippen LogP) is 3.03. The third-order valence-electron chi connectivity index (χ3n) is 3.38. The Balaban J connectivity index is 2.15. The van der Waals surface area contributed by atoms with Crippen molar-refractivity contribution in [3.05, 3.63) is 47.0 Å². The Hall–Kier alpha value is -1.37. The summed E-state index contributed by atoms with van der Waals surface area (Å²) in [5, 5.41) is 0. The maximum absolute atomic E-state index is 11.2. The molecule has 1 aromatic rings. The van der Waals surface area contributed by atoms with Gasteiger partial charge in [0.2, 0.25) is 0 Å². The first kappa shape index (κ1) is 7.98. The minimum atomic E-state index is 0.166. The number of hydrogen-bond acceptors (Lipinski definition) is 1. The summed E-state index contributed by atoms with van der Waals surface area (Å²) in [4.78, 5) is 11.2. The zero-order chi connectivity index (χ0) is 9.71. The van der Waals surface area contributed by atoms with E-state index in [-0.39, 0.29) is 5.78 Å². The Morgan fingerprint density at radius 1 is 1.21 bits per heavy atom. The first-order valence-corrected chi connectivity index (χ1v) is 5.09. The first-order chi connectivity index (χ1) is 6.75. The zero-order valence-electron chi connectivity index (χ0n) is 8.16. The summed E-state index contributed by atoms with van der Waals surface area (Å²) in [5.41, 5.74) is 3.66. The van der Waals surface area contributed by atoms with Crippen molar-refractivity contribution in [1.82, 2.24) is 0 Å². The highest BCUT2D eigenvalue weighted by molar-refractivity contribution is 5.94. The van der Waals surface area contributed by atoms with Gasteiger partial charge in [0.25, 0.3) is 0 Å². The fourth-order valence-corrected chi connectivity index (χ4v) is 2.61. The number of carbonyl (C=O) groups excluding carboxylic acids is 1. The number of benzene rings is 1. The number of Topliss-reactive ketones (excluding diaryl/α,β-unsaturated/α-hetero) is 1. The molecule has 2 bridgehead atoms. The van der Waals surface area contributed by atoms with Crippen LogP contribution in [0.5, 0.6) is 0 Å². The number of rotatable bonds is 1. The van der Waals surface area contributed by atoms with Gasteiger partial charge in [-0.25, -0.2) is 0 Å². The van der Waals surface area contributed by atoms with E-state index < -0.39 is 0 Å². The first-order valence-electron chi connectivity index (χ1n) is 5.09. The topological polar surface area (TPSA) is 17.1 Å². The molecule has 2 aliphatic carbocycles. The normalized spacial score (nSPS) is 26.6. The van der Waals surface area contributed by atoms with Gasteiger partial charge >= 0.3 is 0 Å². The Labute approximate surface area is 83.4 Å². The van der Waals surface area contributed by atoms with E-state index in [0.29, 0.717) is 11.8 Å². The largest absolute Gasteiger partial charge is 0.295 e. The molecule has 0 radical (unpaired) electrons. The molecule has 70 valence electrons. The number of carbonyl (C=O) groups is 1. The van der Waals surface area contributed by atoms with E-state index in [9.17, 15) is 4.79 Å². The molecule has 14 heavy (non-hydrogen) atoms. The highest BCUT2D eigenvalue weighted by Crippen LogP contribution is 2.48. The van der Waals surface area contributed by atoms with Crippen LogP contribution < -0.4 is 0 Å². The van der Waals surface area contributed by atoms with E-state index in [1.807, 2.05) is 6.07 Å². The molecular weight excluding hydrogens is 172 g/mol. The standard InChI is InChI=1S/C13H12O/c1-8(14)9-4-5-12-10-2-3-11(6-10)13(12)7-9/h2-5,7,10-11H,6H2,1H3/t10-,11+/m1/s1. The molecule has 1 heteroatoms. The van der Waals surface area contributed by atoms with E-state index in [0.717, 1.165) is 5.56 Å². The minimum absolute atomic E-state index is 0.166. The van der Waals surface area contributed by atoms with Gasteiger partial charge in [0, 0.05) is 17.4 Å². The zero-order valence-corrected chi connectivity index (χ0v) is 8.16. The second-order valence-electron chi connectivity index (χ2n) is 4.23. The Morgan fingerprint density at radius 3 is 2.64 bits per heavy atom. The third kappa shape index (κ3) is 0.926. The van der Waals surface area contributed by atoms with Crippen LogP contribution in [0.1, 0.15) is 46.7 Å². The molecule has 0 heterocycles. The van der Waals surface area contributed by atoms with Gasteiger partial charge in [0.15, 0.2) is 5.78 Å². The summed E-state index contributed by atoms with van der Waals surface area (Å²) in [6.07, 6.45) is 5.79. The second-order valence-corrected chi connectivity index (χ2v) is 4.23. The number of ketones is 1. The van der Waals surface area contributed by atoms with Crippen molar-refractivity contribution in [3.63, 3.8) is 0 Å². The Bertz CT molecular complexity index is 443. The van der Waals surface area contributed by atoms with Gasteiger partial charge in [-0.3, -0.25) is 4.79 Å². The molecule has 0 aromatic heterocycles. The van der Waals surface area contributed by atoms with Gasteiger partial charge in [-0.05, 0) is 30.5 Å². The van der Waals surface area contributed by atoms with Gasteiger partial charge in [0.05, 0.1) is 0 Å². The molecule has 0 N–H and O–H groups in total. The molecule has 0 fully saturated rings. The molecule has 0 saturated carbocycles. The minimum Gasteiger partial charge on any atom is -0.295 e. The molecule has 0 amide bonds. The van der Waals surface area contributed by atoms with E-state index >= 15 is 0 Å². The summed E-state index contributed by atoms with van der Waals surface area (Å²) >= 11 is 0. The smallest absolute Gasteiger partial charge is 0.159 e. The van der Waals surface area contributed by atoms with Crippen LogP contribution in [0.4, 0.5) is 0 Å². The van der Waals surface area contributed by atoms with Crippen LogP contribution in [0.3, 0.4) is 0 Å². The van der Waals surface area contributed by atoms with Crippen LogP contribution >= 0.6 is 0 Å². The van der Waals surface area contributed by atoms with Crippen LogP contribution in [-0.4, -0.2) is 5.78 Å². The van der Waals surface area contributed by atoms with E-state index in [4.69, 9.17) is 0 Å². The van der Waals surface area contributed by atoms with Gasteiger partial charge in [-0.15, -0.1) is 0 Å². The number of allylic oxidation sites excluding steroid dienone is 2. The molecule has 0 unspecified atom stereocenters. The van der Waals surface area contributed by atoms with Crippen LogP contribution in [0, 0.1) is 0 Å². The maximum atomic E-state index is 11.2. The fraction of sp³-hybridized carbons (Fsp3) is 0.308.